The molecule has 0 aliphatic heterocycles. The number of nitrogens with one attached hydrogen (secondary N) is 1. The smallest absolute Gasteiger partial charge is 0.273 e. The van der Waals surface area contributed by atoms with Gasteiger partial charge >= 0.3 is 0 Å². The minimum Gasteiger partial charge on any atom is -0.298 e. The Morgan fingerprint density at radius 1 is 0.960 bits per heavy atom. The lowest BCUT2D eigenvalue weighted by molar-refractivity contribution is 0.772. The van der Waals surface area contributed by atoms with E-state index in [2.05, 4.69) is 15.2 Å². The Hall–Kier alpha value is -1.53. The Morgan fingerprint density at radius 2 is 1.76 bits per heavy atom. The third kappa shape index (κ3) is 4.76. The van der Waals surface area contributed by atoms with Gasteiger partial charge < -0.3 is 0 Å². The first-order valence-corrected chi connectivity index (χ1v) is 9.41. The maximum absolute atomic E-state index is 12.2. The molecule has 1 N–H and O–H groups in total. The number of hydrogen-bond donors (Lipinski definition) is 1. The van der Waals surface area contributed by atoms with Crippen molar-refractivity contribution < 1.29 is 0 Å². The second kappa shape index (κ2) is 8.23. The van der Waals surface area contributed by atoms with E-state index in [1.54, 1.807) is 18.2 Å². The van der Waals surface area contributed by atoms with Gasteiger partial charge in [-0.05, 0) is 29.3 Å². The SMILES string of the molecule is O=c1[nH]c(SCc2ccc(Cl)cc2Cl)nnc1Cc1ccccc1Cl. The van der Waals surface area contributed by atoms with Gasteiger partial charge in [0.1, 0.15) is 5.69 Å². The van der Waals surface area contributed by atoms with Gasteiger partial charge in [0.2, 0.25) is 0 Å². The second-order valence-corrected chi connectivity index (χ2v) is 7.41. The Balaban J connectivity index is 1.71. The molecule has 0 fully saturated rings. The van der Waals surface area contributed by atoms with Crippen molar-refractivity contribution in [3.05, 3.63) is 84.7 Å². The van der Waals surface area contributed by atoms with Gasteiger partial charge in [0.25, 0.3) is 5.56 Å². The van der Waals surface area contributed by atoms with Crippen LogP contribution in [0.5, 0.6) is 0 Å². The summed E-state index contributed by atoms with van der Waals surface area (Å²) in [6, 6.07) is 12.6. The second-order valence-electron chi connectivity index (χ2n) is 5.20. The van der Waals surface area contributed by atoms with Crippen LogP contribution in [0.3, 0.4) is 0 Å². The van der Waals surface area contributed by atoms with Crippen LogP contribution in [0.1, 0.15) is 16.8 Å². The average molecular weight is 413 g/mol. The van der Waals surface area contributed by atoms with Gasteiger partial charge in [-0.25, -0.2) is 0 Å². The molecule has 0 aliphatic carbocycles. The summed E-state index contributed by atoms with van der Waals surface area (Å²) in [5.74, 6) is 0.546. The minimum atomic E-state index is -0.278. The van der Waals surface area contributed by atoms with Crippen LogP contribution in [-0.4, -0.2) is 15.2 Å². The molecular weight excluding hydrogens is 401 g/mol. The molecule has 4 nitrogen and oxygen atoms in total. The van der Waals surface area contributed by atoms with E-state index in [9.17, 15) is 4.79 Å². The van der Waals surface area contributed by atoms with Crippen LogP contribution in [0.25, 0.3) is 0 Å². The topological polar surface area (TPSA) is 58.6 Å². The first kappa shape index (κ1) is 18.3. The monoisotopic (exact) mass is 411 g/mol. The highest BCUT2D eigenvalue weighted by Crippen LogP contribution is 2.26. The van der Waals surface area contributed by atoms with E-state index in [0.29, 0.717) is 38.1 Å². The molecule has 25 heavy (non-hydrogen) atoms. The number of halogens is 3. The zero-order chi connectivity index (χ0) is 17.8. The number of thioether (sulfide) groups is 1. The number of hydrogen-bond acceptors (Lipinski definition) is 4. The fraction of sp³-hybridized carbons (Fsp3) is 0.118. The summed E-state index contributed by atoms with van der Waals surface area (Å²) in [6.07, 6.45) is 0.329. The molecule has 0 spiro atoms. The summed E-state index contributed by atoms with van der Waals surface area (Å²) in [4.78, 5) is 15.0. The number of aromatic amines is 1. The predicted octanol–water partition coefficient (Wildman–Crippen LogP) is 5.01. The molecule has 0 bridgehead atoms. The summed E-state index contributed by atoms with van der Waals surface area (Å²) in [7, 11) is 0. The fourth-order valence-corrected chi connectivity index (χ4v) is 3.70. The lowest BCUT2D eigenvalue weighted by Crippen LogP contribution is -2.18. The van der Waals surface area contributed by atoms with Crippen molar-refractivity contribution in [3.8, 4) is 0 Å². The molecule has 0 aliphatic rings. The lowest BCUT2D eigenvalue weighted by Gasteiger charge is -2.05. The van der Waals surface area contributed by atoms with Crippen molar-refractivity contribution >= 4 is 46.6 Å². The Labute approximate surface area is 163 Å². The van der Waals surface area contributed by atoms with Crippen LogP contribution in [-0.2, 0) is 12.2 Å². The molecule has 2 aromatic carbocycles. The predicted molar refractivity (Wildman–Crippen MR) is 103 cm³/mol. The van der Waals surface area contributed by atoms with Gasteiger partial charge in [-0.15, -0.1) is 10.2 Å². The van der Waals surface area contributed by atoms with Gasteiger partial charge in [0.15, 0.2) is 5.16 Å². The number of nitrogens with zero attached hydrogens (tertiary/aromatic N) is 2. The Kier molecular flexibility index (Phi) is 6.02. The molecule has 128 valence electrons. The van der Waals surface area contributed by atoms with E-state index in [-0.39, 0.29) is 5.56 Å². The van der Waals surface area contributed by atoms with E-state index >= 15 is 0 Å². The standard InChI is InChI=1S/C17H12Cl3N3OS/c18-12-6-5-11(14(20)8-12)9-25-17-21-16(24)15(22-23-17)7-10-3-1-2-4-13(10)19/h1-6,8H,7,9H2,(H,21,23,24). The van der Waals surface area contributed by atoms with Crippen molar-refractivity contribution in [2.24, 2.45) is 0 Å². The van der Waals surface area contributed by atoms with Crippen molar-refractivity contribution in [2.75, 3.05) is 0 Å². The quantitative estimate of drug-likeness (QED) is 0.599. The first-order valence-electron chi connectivity index (χ1n) is 7.29. The third-order valence-corrected chi connectivity index (χ3v) is 5.31. The molecule has 0 saturated heterocycles. The van der Waals surface area contributed by atoms with Gasteiger partial charge in [0.05, 0.1) is 0 Å². The molecule has 0 unspecified atom stereocenters. The molecule has 1 aromatic heterocycles. The number of rotatable bonds is 5. The first-order chi connectivity index (χ1) is 12.0. The van der Waals surface area contributed by atoms with Crippen molar-refractivity contribution in [2.45, 2.75) is 17.3 Å². The van der Waals surface area contributed by atoms with Gasteiger partial charge in [-0.3, -0.25) is 9.78 Å². The van der Waals surface area contributed by atoms with E-state index in [1.165, 1.54) is 11.8 Å². The average Bonchev–Trinajstić information content (AvgIpc) is 2.58. The fourth-order valence-electron chi connectivity index (χ4n) is 2.13. The van der Waals surface area contributed by atoms with Crippen LogP contribution in [0.2, 0.25) is 15.1 Å². The normalized spacial score (nSPS) is 10.8. The largest absolute Gasteiger partial charge is 0.298 e. The summed E-state index contributed by atoms with van der Waals surface area (Å²) in [6.45, 7) is 0. The molecule has 1 heterocycles. The van der Waals surface area contributed by atoms with E-state index in [4.69, 9.17) is 34.8 Å². The summed E-state index contributed by atoms with van der Waals surface area (Å²) in [5.41, 5.74) is 1.78. The number of benzene rings is 2. The molecule has 3 aromatic rings. The van der Waals surface area contributed by atoms with Crippen molar-refractivity contribution in [1.82, 2.24) is 15.2 Å². The van der Waals surface area contributed by atoms with Crippen LogP contribution in [0, 0.1) is 0 Å². The van der Waals surface area contributed by atoms with Crippen LogP contribution in [0.4, 0.5) is 0 Å². The molecule has 0 radical (unpaired) electrons. The van der Waals surface area contributed by atoms with Crippen LogP contribution >= 0.6 is 46.6 Å². The van der Waals surface area contributed by atoms with E-state index in [1.807, 2.05) is 24.3 Å². The highest BCUT2D eigenvalue weighted by Gasteiger charge is 2.09. The van der Waals surface area contributed by atoms with Crippen LogP contribution in [0.15, 0.2) is 52.4 Å². The van der Waals surface area contributed by atoms with E-state index in [0.717, 1.165) is 11.1 Å². The molecule has 0 atom stereocenters. The van der Waals surface area contributed by atoms with Crippen molar-refractivity contribution in [3.63, 3.8) is 0 Å². The Bertz CT molecular complexity index is 962. The molecule has 0 amide bonds. The van der Waals surface area contributed by atoms with Crippen molar-refractivity contribution in [1.29, 1.82) is 0 Å². The molecule has 8 heteroatoms. The summed E-state index contributed by atoms with van der Waals surface area (Å²) in [5, 5.41) is 10.3. The van der Waals surface area contributed by atoms with Gasteiger partial charge in [-0.1, -0.05) is 70.8 Å². The lowest BCUT2D eigenvalue weighted by atomic mass is 10.1. The molecule has 3 rings (SSSR count). The zero-order valence-electron chi connectivity index (χ0n) is 12.8. The maximum Gasteiger partial charge on any atom is 0.273 e. The highest BCUT2D eigenvalue weighted by molar-refractivity contribution is 7.98. The van der Waals surface area contributed by atoms with Gasteiger partial charge in [0, 0.05) is 27.2 Å². The Morgan fingerprint density at radius 3 is 2.48 bits per heavy atom. The molecule has 0 saturated carbocycles. The minimum absolute atomic E-state index is 0.278. The summed E-state index contributed by atoms with van der Waals surface area (Å²) < 4.78 is 0. The third-order valence-electron chi connectivity index (χ3n) is 3.44. The van der Waals surface area contributed by atoms with E-state index < -0.39 is 0 Å². The number of aromatic nitrogens is 3. The summed E-state index contributed by atoms with van der Waals surface area (Å²) >= 11 is 19.5. The zero-order valence-corrected chi connectivity index (χ0v) is 15.9. The van der Waals surface area contributed by atoms with Crippen LogP contribution < -0.4 is 5.56 Å². The highest BCUT2D eigenvalue weighted by atomic mass is 35.5. The number of H-pyrrole nitrogens is 1. The molecular formula is C17H12Cl3N3OS. The van der Waals surface area contributed by atoms with Gasteiger partial charge in [-0.2, -0.15) is 0 Å². The maximum atomic E-state index is 12.2.